The van der Waals surface area contributed by atoms with E-state index in [1.807, 2.05) is 0 Å². The van der Waals surface area contributed by atoms with E-state index in [4.69, 9.17) is 10.5 Å². The van der Waals surface area contributed by atoms with Gasteiger partial charge in [-0.15, -0.1) is 0 Å². The summed E-state index contributed by atoms with van der Waals surface area (Å²) in [6, 6.07) is -0.633. The molecule has 0 aromatic heterocycles. The van der Waals surface area contributed by atoms with Crippen LogP contribution in [0.25, 0.3) is 0 Å². The van der Waals surface area contributed by atoms with Gasteiger partial charge in [-0.1, -0.05) is 6.58 Å². The third kappa shape index (κ3) is 1.71. The van der Waals surface area contributed by atoms with Crippen LogP contribution >= 0.6 is 0 Å². The first-order chi connectivity index (χ1) is 8.54. The van der Waals surface area contributed by atoms with Crippen molar-refractivity contribution < 1.29 is 9.53 Å². The van der Waals surface area contributed by atoms with Crippen molar-refractivity contribution in [3.63, 3.8) is 0 Å². The minimum absolute atomic E-state index is 0.141. The van der Waals surface area contributed by atoms with Crippen LogP contribution < -0.4 is 5.73 Å². The first-order valence-corrected chi connectivity index (χ1v) is 7.07. The van der Waals surface area contributed by atoms with E-state index in [0.717, 1.165) is 23.3 Å². The molecule has 1 atom stereocenters. The molecular formula is C15H23NO2. The smallest absolute Gasteiger partial charge is 0.326 e. The summed E-state index contributed by atoms with van der Waals surface area (Å²) < 4.78 is 4.77. The Kier molecular flexibility index (Phi) is 2.77. The molecule has 4 aliphatic rings. The highest BCUT2D eigenvalue weighted by Crippen LogP contribution is 2.62. The highest BCUT2D eigenvalue weighted by atomic mass is 16.5. The normalized spacial score (nSPS) is 42.7. The number of ether oxygens (including phenoxy) is 1. The number of hydrogen-bond acceptors (Lipinski definition) is 3. The molecule has 4 rings (SSSR count). The molecule has 4 bridgehead atoms. The van der Waals surface area contributed by atoms with Crippen molar-refractivity contribution in [1.29, 1.82) is 0 Å². The van der Waals surface area contributed by atoms with Gasteiger partial charge in [-0.3, -0.25) is 4.79 Å². The monoisotopic (exact) mass is 249 g/mol. The molecule has 0 spiro atoms. The van der Waals surface area contributed by atoms with Gasteiger partial charge in [0.1, 0.15) is 6.04 Å². The van der Waals surface area contributed by atoms with E-state index in [0.29, 0.717) is 0 Å². The van der Waals surface area contributed by atoms with Crippen LogP contribution in [-0.4, -0.2) is 19.1 Å². The Labute approximate surface area is 109 Å². The van der Waals surface area contributed by atoms with E-state index >= 15 is 0 Å². The maximum absolute atomic E-state index is 11.6. The number of carbonyl (C=O) groups is 1. The molecule has 100 valence electrons. The van der Waals surface area contributed by atoms with E-state index < -0.39 is 6.04 Å². The summed E-state index contributed by atoms with van der Waals surface area (Å²) >= 11 is 0. The topological polar surface area (TPSA) is 52.3 Å². The fraction of sp³-hybridized carbons (Fsp3) is 0.800. The predicted octanol–water partition coefficient (Wildman–Crippen LogP) is 2.26. The zero-order valence-corrected chi connectivity index (χ0v) is 11.2. The lowest BCUT2D eigenvalue weighted by Gasteiger charge is -2.58. The van der Waals surface area contributed by atoms with Gasteiger partial charge in [0.15, 0.2) is 0 Å². The molecule has 4 fully saturated rings. The Hall–Kier alpha value is -0.830. The lowest BCUT2D eigenvalue weighted by atomic mass is 9.47. The summed E-state index contributed by atoms with van der Waals surface area (Å²) in [6.45, 7) is 4.19. The van der Waals surface area contributed by atoms with Crippen molar-refractivity contribution >= 4 is 5.97 Å². The SMILES string of the molecule is C=C(C(N)C(=O)OC)C12CC3CC(CC(C3)C1)C2. The van der Waals surface area contributed by atoms with Crippen molar-refractivity contribution in [2.24, 2.45) is 28.9 Å². The molecule has 3 nitrogen and oxygen atoms in total. The average molecular weight is 249 g/mol. The van der Waals surface area contributed by atoms with Crippen molar-refractivity contribution in [3.05, 3.63) is 12.2 Å². The third-order valence-corrected chi connectivity index (χ3v) is 5.55. The molecule has 18 heavy (non-hydrogen) atoms. The number of hydrogen-bond donors (Lipinski definition) is 1. The maximum atomic E-state index is 11.6. The molecule has 4 saturated carbocycles. The summed E-state index contributed by atoms with van der Waals surface area (Å²) in [7, 11) is 1.40. The molecule has 0 aliphatic heterocycles. The van der Waals surface area contributed by atoms with Gasteiger partial charge in [0.25, 0.3) is 0 Å². The van der Waals surface area contributed by atoms with Crippen LogP contribution in [0.5, 0.6) is 0 Å². The second-order valence-corrected chi connectivity index (χ2v) is 6.72. The van der Waals surface area contributed by atoms with E-state index in [2.05, 4.69) is 6.58 Å². The molecule has 0 aromatic carbocycles. The predicted molar refractivity (Wildman–Crippen MR) is 69.7 cm³/mol. The minimum Gasteiger partial charge on any atom is -0.468 e. The van der Waals surface area contributed by atoms with Gasteiger partial charge in [-0.2, -0.15) is 0 Å². The highest BCUT2D eigenvalue weighted by Gasteiger charge is 2.53. The van der Waals surface area contributed by atoms with E-state index in [9.17, 15) is 4.79 Å². The Morgan fingerprint density at radius 2 is 1.67 bits per heavy atom. The zero-order valence-electron chi connectivity index (χ0n) is 11.2. The van der Waals surface area contributed by atoms with Gasteiger partial charge in [-0.25, -0.2) is 0 Å². The number of esters is 1. The van der Waals surface area contributed by atoms with Gasteiger partial charge >= 0.3 is 5.97 Å². The fourth-order valence-corrected chi connectivity index (χ4v) is 5.10. The largest absolute Gasteiger partial charge is 0.468 e. The average Bonchev–Trinajstić information content (AvgIpc) is 2.34. The van der Waals surface area contributed by atoms with Crippen molar-refractivity contribution in [1.82, 2.24) is 0 Å². The van der Waals surface area contributed by atoms with Crippen LogP contribution in [0.15, 0.2) is 12.2 Å². The molecule has 3 heteroatoms. The molecule has 0 amide bonds. The number of methoxy groups -OCH3 is 1. The standard InChI is InChI=1S/C15H23NO2/c1-9(13(16)14(17)18-2)15-6-10-3-11(7-15)5-12(4-10)8-15/h10-13H,1,3-8,16H2,2H3. The first kappa shape index (κ1) is 12.2. The Morgan fingerprint density at radius 1 is 1.22 bits per heavy atom. The van der Waals surface area contributed by atoms with Crippen LogP contribution in [-0.2, 0) is 9.53 Å². The van der Waals surface area contributed by atoms with Crippen molar-refractivity contribution in [2.75, 3.05) is 7.11 Å². The first-order valence-electron chi connectivity index (χ1n) is 7.07. The molecule has 2 N–H and O–H groups in total. The number of carbonyl (C=O) groups excluding carboxylic acids is 1. The zero-order chi connectivity index (χ0) is 12.9. The van der Waals surface area contributed by atoms with Crippen LogP contribution in [0.1, 0.15) is 38.5 Å². The molecular weight excluding hydrogens is 226 g/mol. The van der Waals surface area contributed by atoms with Crippen LogP contribution in [0.4, 0.5) is 0 Å². The lowest BCUT2D eigenvalue weighted by Crippen LogP contribution is -2.51. The van der Waals surface area contributed by atoms with Gasteiger partial charge in [-0.05, 0) is 67.3 Å². The van der Waals surface area contributed by atoms with Gasteiger partial charge in [0, 0.05) is 0 Å². The Morgan fingerprint density at radius 3 is 2.06 bits per heavy atom. The molecule has 0 aromatic rings. The second kappa shape index (κ2) is 4.09. The fourth-order valence-electron chi connectivity index (χ4n) is 5.10. The summed E-state index contributed by atoms with van der Waals surface area (Å²) in [4.78, 5) is 11.6. The molecule has 1 unspecified atom stereocenters. The Bertz CT molecular complexity index is 353. The summed E-state index contributed by atoms with van der Waals surface area (Å²) in [6.07, 6.45) is 7.76. The number of nitrogens with two attached hydrogens (primary N) is 1. The summed E-state index contributed by atoms with van der Waals surface area (Å²) in [5.74, 6) is 2.20. The van der Waals surface area contributed by atoms with Gasteiger partial charge < -0.3 is 10.5 Å². The van der Waals surface area contributed by atoms with Gasteiger partial charge in [0.2, 0.25) is 0 Å². The quantitative estimate of drug-likeness (QED) is 0.616. The van der Waals surface area contributed by atoms with Crippen LogP contribution in [0.3, 0.4) is 0 Å². The Balaban J connectivity index is 1.83. The van der Waals surface area contributed by atoms with Crippen molar-refractivity contribution in [2.45, 2.75) is 44.6 Å². The summed E-state index contributed by atoms with van der Waals surface area (Å²) in [5.41, 5.74) is 7.10. The lowest BCUT2D eigenvalue weighted by molar-refractivity contribution is -0.142. The third-order valence-electron chi connectivity index (χ3n) is 5.55. The molecule has 4 aliphatic carbocycles. The summed E-state index contributed by atoms with van der Waals surface area (Å²) in [5, 5.41) is 0. The van der Waals surface area contributed by atoms with Crippen LogP contribution in [0.2, 0.25) is 0 Å². The maximum Gasteiger partial charge on any atom is 0.326 e. The van der Waals surface area contributed by atoms with E-state index in [-0.39, 0.29) is 11.4 Å². The minimum atomic E-state index is -0.633. The molecule has 0 radical (unpaired) electrons. The highest BCUT2D eigenvalue weighted by molar-refractivity contribution is 5.79. The van der Waals surface area contributed by atoms with E-state index in [1.54, 1.807) is 0 Å². The van der Waals surface area contributed by atoms with Crippen molar-refractivity contribution in [3.8, 4) is 0 Å². The molecule has 0 saturated heterocycles. The van der Waals surface area contributed by atoms with Gasteiger partial charge in [0.05, 0.1) is 7.11 Å². The van der Waals surface area contributed by atoms with E-state index in [1.165, 1.54) is 45.6 Å². The second-order valence-electron chi connectivity index (χ2n) is 6.72. The number of rotatable bonds is 3. The molecule has 0 heterocycles. The van der Waals surface area contributed by atoms with Crippen LogP contribution in [0, 0.1) is 23.2 Å².